The molecule has 0 aromatic rings. The van der Waals surface area contributed by atoms with Gasteiger partial charge < -0.3 is 40.1 Å². The van der Waals surface area contributed by atoms with Crippen molar-refractivity contribution in [1.82, 2.24) is 0 Å². The number of aliphatic carboxylic acids is 1. The highest BCUT2D eigenvalue weighted by Gasteiger charge is 2.75. The first-order valence-electron chi connectivity index (χ1n) is 13.6. The molecule has 12 heteroatoms. The molecule has 0 spiro atoms. The van der Waals surface area contributed by atoms with Crippen LogP contribution in [0, 0.1) is 28.6 Å². The second-order valence-corrected chi connectivity index (χ2v) is 12.6. The van der Waals surface area contributed by atoms with Crippen LogP contribution in [0.3, 0.4) is 0 Å². The first-order valence-corrected chi connectivity index (χ1v) is 13.6. The van der Waals surface area contributed by atoms with Crippen LogP contribution in [0.25, 0.3) is 0 Å². The molecular formula is C28H37FO11. The predicted molar refractivity (Wildman–Crippen MR) is 133 cm³/mol. The van der Waals surface area contributed by atoms with Crippen molar-refractivity contribution >= 4 is 17.5 Å². The second-order valence-electron chi connectivity index (χ2n) is 12.6. The summed E-state index contributed by atoms with van der Waals surface area (Å²) in [4.78, 5) is 37.0. The van der Waals surface area contributed by atoms with Crippen molar-refractivity contribution in [3.63, 3.8) is 0 Å². The topological polar surface area (TPSA) is 191 Å². The van der Waals surface area contributed by atoms with E-state index in [4.69, 9.17) is 9.47 Å². The summed E-state index contributed by atoms with van der Waals surface area (Å²) in [5, 5.41) is 62.8. The first kappa shape index (κ1) is 29.4. The SMILES string of the molecule is C[C@@H]1CC2C3CCC4=CC(=O)C=C[C@]4(C)C3(F)[C@@H](O)C[C@]2(C)[C@@]1(O)C(=O)CO[C@@H]1O[C@H](C(=O)O)[C@@H](O)[C@H](O)[C@H]1O. The van der Waals surface area contributed by atoms with Gasteiger partial charge in [-0.25, -0.2) is 9.18 Å². The Labute approximate surface area is 230 Å². The number of carbonyl (C=O) groups is 3. The molecule has 0 bridgehead atoms. The molecule has 4 fully saturated rings. The van der Waals surface area contributed by atoms with E-state index in [1.165, 1.54) is 18.2 Å². The molecule has 0 aromatic heterocycles. The van der Waals surface area contributed by atoms with E-state index in [0.717, 1.165) is 0 Å². The average molecular weight is 569 g/mol. The van der Waals surface area contributed by atoms with Gasteiger partial charge in [0, 0.05) is 16.7 Å². The number of rotatable bonds is 5. The summed E-state index contributed by atoms with van der Waals surface area (Å²) in [5.41, 5.74) is -6.07. The Morgan fingerprint density at radius 1 is 1.12 bits per heavy atom. The van der Waals surface area contributed by atoms with E-state index in [1.807, 2.05) is 0 Å². The molecule has 40 heavy (non-hydrogen) atoms. The van der Waals surface area contributed by atoms with Gasteiger partial charge in [0.25, 0.3) is 0 Å². The van der Waals surface area contributed by atoms with Crippen molar-refractivity contribution in [2.24, 2.45) is 28.6 Å². The molecule has 13 atom stereocenters. The normalized spacial score (nSPS) is 51.9. The third kappa shape index (κ3) is 3.70. The molecule has 4 aliphatic carbocycles. The minimum atomic E-state index is -2.13. The number of halogens is 1. The predicted octanol–water partition coefficient (Wildman–Crippen LogP) is -0.188. The summed E-state index contributed by atoms with van der Waals surface area (Å²) in [6.07, 6.45) is -5.93. The molecule has 11 nitrogen and oxygen atoms in total. The Kier molecular flexibility index (Phi) is 6.98. The van der Waals surface area contributed by atoms with Crippen LogP contribution in [-0.2, 0) is 23.9 Å². The zero-order chi connectivity index (χ0) is 29.6. The summed E-state index contributed by atoms with van der Waals surface area (Å²) in [6, 6.07) is 0. The van der Waals surface area contributed by atoms with Gasteiger partial charge in [-0.1, -0.05) is 25.5 Å². The lowest BCUT2D eigenvalue weighted by molar-refractivity contribution is -0.293. The van der Waals surface area contributed by atoms with Gasteiger partial charge in [0.05, 0.1) is 6.10 Å². The Morgan fingerprint density at radius 2 is 1.80 bits per heavy atom. The van der Waals surface area contributed by atoms with Crippen LogP contribution < -0.4 is 0 Å². The summed E-state index contributed by atoms with van der Waals surface area (Å²) < 4.78 is 27.7. The fourth-order valence-corrected chi connectivity index (χ4v) is 8.60. The highest BCUT2D eigenvalue weighted by Crippen LogP contribution is 2.70. The molecule has 5 aliphatic rings. The summed E-state index contributed by atoms with van der Waals surface area (Å²) in [5.74, 6) is -4.56. The van der Waals surface area contributed by atoms with Crippen molar-refractivity contribution in [2.45, 2.75) is 94.5 Å². The van der Waals surface area contributed by atoms with Crippen molar-refractivity contribution in [1.29, 1.82) is 0 Å². The van der Waals surface area contributed by atoms with Gasteiger partial charge >= 0.3 is 5.97 Å². The van der Waals surface area contributed by atoms with Crippen LogP contribution in [0.1, 0.15) is 46.5 Å². The lowest BCUT2D eigenvalue weighted by Gasteiger charge is -2.62. The minimum absolute atomic E-state index is 0.233. The lowest BCUT2D eigenvalue weighted by Crippen LogP contribution is -2.69. The molecule has 6 N–H and O–H groups in total. The Hall–Kier alpha value is -2.06. The fourth-order valence-electron chi connectivity index (χ4n) is 8.60. The summed E-state index contributed by atoms with van der Waals surface area (Å²) >= 11 is 0. The molecule has 1 heterocycles. The molecule has 222 valence electrons. The number of aliphatic hydroxyl groups excluding tert-OH is 4. The highest BCUT2D eigenvalue weighted by molar-refractivity contribution is 6.01. The molecular weight excluding hydrogens is 531 g/mol. The van der Waals surface area contributed by atoms with E-state index in [-0.39, 0.29) is 18.6 Å². The molecule has 5 rings (SSSR count). The Balaban J connectivity index is 1.40. The van der Waals surface area contributed by atoms with Gasteiger partial charge in [0.1, 0.15) is 30.5 Å². The quantitative estimate of drug-likeness (QED) is 0.258. The molecule has 3 saturated carbocycles. The zero-order valence-electron chi connectivity index (χ0n) is 22.6. The van der Waals surface area contributed by atoms with Crippen molar-refractivity contribution < 1.29 is 58.9 Å². The minimum Gasteiger partial charge on any atom is -0.479 e. The number of ether oxygens (including phenoxy) is 2. The smallest absolute Gasteiger partial charge is 0.335 e. The largest absolute Gasteiger partial charge is 0.479 e. The first-order chi connectivity index (χ1) is 18.5. The number of carbonyl (C=O) groups excluding carboxylic acids is 2. The van der Waals surface area contributed by atoms with Crippen LogP contribution in [0.2, 0.25) is 0 Å². The molecule has 1 saturated heterocycles. The molecule has 0 amide bonds. The maximum atomic E-state index is 17.3. The van der Waals surface area contributed by atoms with Crippen LogP contribution in [0.4, 0.5) is 4.39 Å². The molecule has 0 aromatic carbocycles. The van der Waals surface area contributed by atoms with E-state index in [2.05, 4.69) is 0 Å². The monoisotopic (exact) mass is 568 g/mol. The maximum Gasteiger partial charge on any atom is 0.335 e. The van der Waals surface area contributed by atoms with Gasteiger partial charge in [-0.15, -0.1) is 0 Å². The fraction of sp³-hybridized carbons (Fsp3) is 0.750. The van der Waals surface area contributed by atoms with Gasteiger partial charge in [0.2, 0.25) is 0 Å². The van der Waals surface area contributed by atoms with Gasteiger partial charge in [-0.2, -0.15) is 0 Å². The third-order valence-electron chi connectivity index (χ3n) is 10.8. The van der Waals surface area contributed by atoms with Crippen molar-refractivity contribution in [3.8, 4) is 0 Å². The van der Waals surface area contributed by atoms with Crippen LogP contribution >= 0.6 is 0 Å². The summed E-state index contributed by atoms with van der Waals surface area (Å²) in [7, 11) is 0. The number of carboxylic acids is 1. The standard InChI is InChI=1S/C28H37FO11/c1-12-8-16-15-5-4-13-9-14(30)6-7-25(13,2)27(15,29)17(31)10-26(16,3)28(12,38)18(32)11-39-24-21(35)19(33)20(34)22(40-24)23(36)37/h6-7,9,12,15-17,19-22,24,31,33-35,38H,4-5,8,10-11H2,1-3H3,(H,36,37)/t12-,15?,16?,17+,19+,20+,21-,22+,24-,25+,26+,27?,28+/m1/s1. The van der Waals surface area contributed by atoms with E-state index < -0.39 is 95.0 Å². The zero-order valence-corrected chi connectivity index (χ0v) is 22.6. The average Bonchev–Trinajstić information content (AvgIpc) is 3.09. The van der Waals surface area contributed by atoms with E-state index >= 15 is 4.39 Å². The summed E-state index contributed by atoms with van der Waals surface area (Å²) in [6.45, 7) is 4.16. The highest BCUT2D eigenvalue weighted by atomic mass is 19.1. The Bertz CT molecular complexity index is 1170. The number of allylic oxidation sites excluding steroid dienone is 4. The number of Topliss-reactive ketones (excluding diaryl/α,β-unsaturated/α-hetero) is 1. The van der Waals surface area contributed by atoms with Crippen LogP contribution in [-0.4, -0.2) is 103 Å². The van der Waals surface area contributed by atoms with Crippen LogP contribution in [0.5, 0.6) is 0 Å². The number of hydrogen-bond acceptors (Lipinski definition) is 10. The number of alkyl halides is 1. The lowest BCUT2D eigenvalue weighted by atomic mass is 9.44. The van der Waals surface area contributed by atoms with Gasteiger partial charge in [-0.3, -0.25) is 9.59 Å². The van der Waals surface area contributed by atoms with E-state index in [9.17, 15) is 45.0 Å². The number of aliphatic hydroxyl groups is 5. The molecule has 1 aliphatic heterocycles. The molecule has 3 unspecified atom stereocenters. The van der Waals surface area contributed by atoms with Crippen LogP contribution in [0.15, 0.2) is 23.8 Å². The number of hydrogen-bond donors (Lipinski definition) is 6. The van der Waals surface area contributed by atoms with Crippen molar-refractivity contribution in [2.75, 3.05) is 6.61 Å². The van der Waals surface area contributed by atoms with Crippen molar-refractivity contribution in [3.05, 3.63) is 23.8 Å². The maximum absolute atomic E-state index is 17.3. The molecule has 0 radical (unpaired) electrons. The number of carboxylic acid groups (broad SMARTS) is 1. The van der Waals surface area contributed by atoms with E-state index in [1.54, 1.807) is 20.8 Å². The number of ketones is 2. The van der Waals surface area contributed by atoms with Gasteiger partial charge in [-0.05, 0) is 56.6 Å². The third-order valence-corrected chi connectivity index (χ3v) is 10.8. The van der Waals surface area contributed by atoms with E-state index in [0.29, 0.717) is 18.4 Å². The Morgan fingerprint density at radius 3 is 2.45 bits per heavy atom. The van der Waals surface area contributed by atoms with Gasteiger partial charge in [0.15, 0.2) is 29.6 Å². The number of fused-ring (bicyclic) bond motifs is 5. The second kappa shape index (κ2) is 9.48.